The average Bonchev–Trinajstić information content (AvgIpc) is 3.10. The van der Waals surface area contributed by atoms with Gasteiger partial charge in [-0.25, -0.2) is 0 Å². The first-order valence-corrected chi connectivity index (χ1v) is 21.4. The van der Waals surface area contributed by atoms with E-state index in [9.17, 15) is 0 Å². The van der Waals surface area contributed by atoms with Gasteiger partial charge in [-0.2, -0.15) is 11.8 Å². The Hall–Kier alpha value is 0.190. The second-order valence-electron chi connectivity index (χ2n) is 17.9. The standard InChI is InChI=1S/C39H66N4S/c1-2-9-25(10-3-1)37-40-38-30-14-6-11-26(21-30)28-13-8-16-32(23-28)43-33-17-4-5-18-35(33)44-36-20-19-29(24-34(36)43)27-12-7-15-31(22-27)39(41-37)42-38/h25-42H,1-24H2. The summed E-state index contributed by atoms with van der Waals surface area (Å²) in [6.07, 6.45) is 37.5. The zero-order chi connectivity index (χ0) is 29.0. The molecule has 0 aromatic heterocycles. The molecule has 14 atom stereocenters. The van der Waals surface area contributed by atoms with E-state index >= 15 is 0 Å². The molecule has 3 aliphatic heterocycles. The molecule has 0 radical (unpaired) electrons. The Balaban J connectivity index is 1.04. The van der Waals surface area contributed by atoms with Crippen LogP contribution in [0.15, 0.2) is 0 Å². The van der Waals surface area contributed by atoms with Crippen molar-refractivity contribution in [3.05, 3.63) is 0 Å². The molecule has 9 aliphatic rings. The van der Waals surface area contributed by atoms with Gasteiger partial charge in [0, 0.05) is 28.6 Å². The quantitative estimate of drug-likeness (QED) is 0.274. The molecular formula is C39H66N4S. The van der Waals surface area contributed by atoms with Crippen molar-refractivity contribution in [2.45, 2.75) is 201 Å². The highest BCUT2D eigenvalue weighted by Gasteiger charge is 2.51. The van der Waals surface area contributed by atoms with Crippen LogP contribution >= 0.6 is 11.8 Å². The van der Waals surface area contributed by atoms with Crippen LogP contribution in [0.1, 0.15) is 154 Å². The largest absolute Gasteiger partial charge is 0.292 e. The van der Waals surface area contributed by atoms with Gasteiger partial charge in [-0.3, -0.25) is 20.9 Å². The third-order valence-electron chi connectivity index (χ3n) is 15.7. The first kappa shape index (κ1) is 30.3. The van der Waals surface area contributed by atoms with E-state index in [2.05, 4.69) is 32.6 Å². The summed E-state index contributed by atoms with van der Waals surface area (Å²) in [5, 5.41) is 14.9. The van der Waals surface area contributed by atoms with Crippen LogP contribution in [0.3, 0.4) is 0 Å². The van der Waals surface area contributed by atoms with Gasteiger partial charge in [0.25, 0.3) is 0 Å². The minimum atomic E-state index is 0.532. The van der Waals surface area contributed by atoms with Crippen LogP contribution in [0.5, 0.6) is 0 Å². The van der Waals surface area contributed by atoms with Crippen molar-refractivity contribution in [2.24, 2.45) is 41.4 Å². The van der Waals surface area contributed by atoms with Gasteiger partial charge in [-0.1, -0.05) is 70.6 Å². The smallest absolute Gasteiger partial charge is 0.0624 e. The van der Waals surface area contributed by atoms with Crippen LogP contribution in [-0.2, 0) is 0 Å². The summed E-state index contributed by atoms with van der Waals surface area (Å²) >= 11 is 2.52. The second kappa shape index (κ2) is 13.2. The van der Waals surface area contributed by atoms with E-state index in [1.54, 1.807) is 12.8 Å². The number of nitrogens with one attached hydrogen (secondary N) is 3. The summed E-state index contributed by atoms with van der Waals surface area (Å²) in [6, 6.07) is 2.70. The Labute approximate surface area is 274 Å². The molecule has 4 nitrogen and oxygen atoms in total. The molecule has 0 amide bonds. The van der Waals surface area contributed by atoms with Gasteiger partial charge in [-0.05, 0) is 125 Å². The van der Waals surface area contributed by atoms with E-state index < -0.39 is 0 Å². The molecular weight excluding hydrogens is 557 g/mol. The topological polar surface area (TPSA) is 39.3 Å². The van der Waals surface area contributed by atoms with E-state index in [0.717, 1.165) is 70.1 Å². The number of fused-ring (bicyclic) bond motifs is 16. The zero-order valence-corrected chi connectivity index (χ0v) is 28.8. The molecule has 9 fully saturated rings. The molecule has 3 N–H and O–H groups in total. The molecule has 0 spiro atoms. The summed E-state index contributed by atoms with van der Waals surface area (Å²) in [6.45, 7) is 0. The highest BCUT2D eigenvalue weighted by atomic mass is 32.2. The third kappa shape index (κ3) is 5.90. The SMILES string of the molecule is C1CCC(C2NC3NC(N2)C2CCCC(C2)C2CCC4SC5CCCCC5N(C5CCCC(C5)C5CCCC3C5)C4C2)CC1. The van der Waals surface area contributed by atoms with Crippen LogP contribution in [0, 0.1) is 41.4 Å². The Morgan fingerprint density at radius 1 is 0.364 bits per heavy atom. The molecule has 9 rings (SSSR count). The summed E-state index contributed by atoms with van der Waals surface area (Å²) in [4.78, 5) is 3.35. The lowest BCUT2D eigenvalue weighted by atomic mass is 9.66. The summed E-state index contributed by atoms with van der Waals surface area (Å²) in [7, 11) is 0. The number of thioether (sulfide) groups is 1. The van der Waals surface area contributed by atoms with Gasteiger partial charge in [0.2, 0.25) is 0 Å². The number of hydrogen-bond acceptors (Lipinski definition) is 5. The highest BCUT2D eigenvalue weighted by Crippen LogP contribution is 2.53. The molecule has 3 saturated heterocycles. The molecule has 248 valence electrons. The van der Waals surface area contributed by atoms with Crippen LogP contribution < -0.4 is 16.0 Å². The predicted molar refractivity (Wildman–Crippen MR) is 184 cm³/mol. The number of nitrogens with zero attached hydrogens (tertiary/aromatic N) is 1. The maximum absolute atomic E-state index is 4.36. The van der Waals surface area contributed by atoms with Crippen LogP contribution in [0.2, 0.25) is 0 Å². The monoisotopic (exact) mass is 623 g/mol. The Morgan fingerprint density at radius 2 is 0.886 bits per heavy atom. The van der Waals surface area contributed by atoms with Crippen molar-refractivity contribution in [3.63, 3.8) is 0 Å². The molecule has 0 aromatic carbocycles. The second-order valence-corrected chi connectivity index (χ2v) is 19.4. The van der Waals surface area contributed by atoms with Crippen molar-refractivity contribution in [2.75, 3.05) is 0 Å². The molecule has 0 aromatic rings. The van der Waals surface area contributed by atoms with Crippen LogP contribution in [-0.4, -0.2) is 52.0 Å². The van der Waals surface area contributed by atoms with E-state index in [-0.39, 0.29) is 0 Å². The number of rotatable bonds is 1. The Kier molecular flexibility index (Phi) is 9.11. The lowest BCUT2D eigenvalue weighted by molar-refractivity contribution is -0.0251. The van der Waals surface area contributed by atoms with Crippen molar-refractivity contribution in [1.29, 1.82) is 0 Å². The Bertz CT molecular complexity index is 970. The normalized spacial score (nSPS) is 52.1. The fourth-order valence-electron chi connectivity index (χ4n) is 13.5. The summed E-state index contributed by atoms with van der Waals surface area (Å²) < 4.78 is 0. The van der Waals surface area contributed by atoms with Gasteiger partial charge < -0.3 is 0 Å². The summed E-state index contributed by atoms with van der Waals surface area (Å²) in [5.41, 5.74) is 0. The molecule has 14 unspecified atom stereocenters. The van der Waals surface area contributed by atoms with Gasteiger partial charge >= 0.3 is 0 Å². The van der Waals surface area contributed by atoms with Crippen LogP contribution in [0.25, 0.3) is 0 Å². The molecule has 6 aliphatic carbocycles. The van der Waals surface area contributed by atoms with Crippen molar-refractivity contribution >= 4 is 11.8 Å². The molecule has 44 heavy (non-hydrogen) atoms. The van der Waals surface area contributed by atoms with Crippen molar-refractivity contribution < 1.29 is 0 Å². The molecule has 5 heteroatoms. The zero-order valence-electron chi connectivity index (χ0n) is 28.0. The van der Waals surface area contributed by atoms with E-state index in [1.165, 1.54) is 141 Å². The molecule has 10 bridgehead atoms. The Morgan fingerprint density at radius 3 is 1.61 bits per heavy atom. The van der Waals surface area contributed by atoms with Gasteiger partial charge in [-0.15, -0.1) is 0 Å². The third-order valence-corrected chi connectivity index (χ3v) is 17.5. The minimum Gasteiger partial charge on any atom is -0.292 e. The van der Waals surface area contributed by atoms with Crippen molar-refractivity contribution in [1.82, 2.24) is 20.9 Å². The highest BCUT2D eigenvalue weighted by molar-refractivity contribution is 8.00. The van der Waals surface area contributed by atoms with Gasteiger partial charge in [0.05, 0.1) is 18.5 Å². The van der Waals surface area contributed by atoms with Gasteiger partial charge in [0.1, 0.15) is 0 Å². The lowest BCUT2D eigenvalue weighted by Crippen LogP contribution is -2.72. The fraction of sp³-hybridized carbons (Fsp3) is 1.00. The lowest BCUT2D eigenvalue weighted by Gasteiger charge is -2.59. The first-order valence-electron chi connectivity index (χ1n) is 20.5. The van der Waals surface area contributed by atoms with E-state index in [1.807, 2.05) is 0 Å². The molecule has 6 saturated carbocycles. The summed E-state index contributed by atoms with van der Waals surface area (Å²) in [5.74, 6) is 6.42. The minimum absolute atomic E-state index is 0.532. The van der Waals surface area contributed by atoms with Crippen LogP contribution in [0.4, 0.5) is 0 Å². The first-order chi connectivity index (χ1) is 21.8. The molecule has 3 heterocycles. The van der Waals surface area contributed by atoms with Crippen molar-refractivity contribution in [3.8, 4) is 0 Å². The number of hydrogen-bond donors (Lipinski definition) is 3. The fourth-order valence-corrected chi connectivity index (χ4v) is 15.5. The predicted octanol–water partition coefficient (Wildman–Crippen LogP) is 8.41. The maximum atomic E-state index is 4.36. The maximum Gasteiger partial charge on any atom is 0.0624 e. The average molecular weight is 623 g/mol. The van der Waals surface area contributed by atoms with E-state index in [0.29, 0.717) is 18.5 Å². The van der Waals surface area contributed by atoms with E-state index in [4.69, 9.17) is 0 Å². The van der Waals surface area contributed by atoms with Gasteiger partial charge in [0.15, 0.2) is 0 Å².